The number of fused-ring (bicyclic) bond motifs is 1. The van der Waals surface area contributed by atoms with Gasteiger partial charge in [0.15, 0.2) is 0 Å². The van der Waals surface area contributed by atoms with Gasteiger partial charge in [-0.05, 0) is 50.7 Å². The van der Waals surface area contributed by atoms with E-state index in [1.54, 1.807) is 0 Å². The molecule has 3 heteroatoms. The number of hydrogen-bond acceptors (Lipinski definition) is 3. The van der Waals surface area contributed by atoms with E-state index in [1.807, 2.05) is 6.07 Å². The predicted molar refractivity (Wildman–Crippen MR) is 87.7 cm³/mol. The highest BCUT2D eigenvalue weighted by Gasteiger charge is 2.22. The van der Waals surface area contributed by atoms with Crippen molar-refractivity contribution < 1.29 is 5.11 Å². The van der Waals surface area contributed by atoms with Gasteiger partial charge in [-0.2, -0.15) is 0 Å². The van der Waals surface area contributed by atoms with Gasteiger partial charge in [0.2, 0.25) is 0 Å². The van der Waals surface area contributed by atoms with Crippen molar-refractivity contribution >= 4 is 16.6 Å². The number of para-hydroxylation sites is 1. The summed E-state index contributed by atoms with van der Waals surface area (Å²) < 4.78 is 0. The summed E-state index contributed by atoms with van der Waals surface area (Å²) in [6.07, 6.45) is 4.84. The first-order valence-corrected chi connectivity index (χ1v) is 8.02. The minimum Gasteiger partial charge on any atom is -0.393 e. The Bertz CT molecular complexity index is 638. The topological polar surface area (TPSA) is 45.2 Å². The van der Waals surface area contributed by atoms with E-state index in [0.29, 0.717) is 6.04 Å². The molecule has 1 aromatic heterocycles. The van der Waals surface area contributed by atoms with Crippen LogP contribution >= 0.6 is 0 Å². The number of nitrogens with one attached hydrogen (secondary N) is 1. The van der Waals surface area contributed by atoms with E-state index in [2.05, 4.69) is 37.4 Å². The molecular weight excluding hydrogens is 260 g/mol. The predicted octanol–water partition coefficient (Wildman–Crippen LogP) is 3.82. The Morgan fingerprint density at radius 3 is 2.86 bits per heavy atom. The Morgan fingerprint density at radius 1 is 1.29 bits per heavy atom. The molecule has 1 saturated carbocycles. The van der Waals surface area contributed by atoms with Crippen molar-refractivity contribution in [3.8, 4) is 0 Å². The third-order valence-electron chi connectivity index (χ3n) is 4.55. The minimum absolute atomic E-state index is 0.157. The second kappa shape index (κ2) is 6.02. The average Bonchev–Trinajstić information content (AvgIpc) is 2.47. The summed E-state index contributed by atoms with van der Waals surface area (Å²) in [5.74, 6) is 0. The molecule has 0 amide bonds. The quantitative estimate of drug-likeness (QED) is 0.900. The van der Waals surface area contributed by atoms with Crippen LogP contribution in [-0.4, -0.2) is 22.2 Å². The van der Waals surface area contributed by atoms with Gasteiger partial charge in [-0.15, -0.1) is 0 Å². The number of anilines is 1. The molecule has 1 heterocycles. The highest BCUT2D eigenvalue weighted by atomic mass is 16.3. The van der Waals surface area contributed by atoms with Crippen LogP contribution < -0.4 is 5.32 Å². The zero-order chi connectivity index (χ0) is 14.8. The van der Waals surface area contributed by atoms with Gasteiger partial charge >= 0.3 is 0 Å². The van der Waals surface area contributed by atoms with E-state index in [0.717, 1.165) is 43.3 Å². The molecule has 0 radical (unpaired) electrons. The van der Waals surface area contributed by atoms with Crippen LogP contribution in [0.3, 0.4) is 0 Å². The molecule has 0 bridgehead atoms. The van der Waals surface area contributed by atoms with Crippen LogP contribution in [-0.2, 0) is 6.42 Å². The van der Waals surface area contributed by atoms with Crippen LogP contribution in [0, 0.1) is 6.92 Å². The van der Waals surface area contributed by atoms with Crippen LogP contribution in [0.4, 0.5) is 5.69 Å². The number of benzene rings is 1. The molecular formula is C18H24N2O. The van der Waals surface area contributed by atoms with Crippen LogP contribution in [0.2, 0.25) is 0 Å². The monoisotopic (exact) mass is 284 g/mol. The third-order valence-corrected chi connectivity index (χ3v) is 4.55. The van der Waals surface area contributed by atoms with E-state index in [-0.39, 0.29) is 6.10 Å². The fourth-order valence-corrected chi connectivity index (χ4v) is 3.47. The standard InChI is InChI=1S/C18H24N2O/c1-3-15-12(2)19-17-10-5-4-9-16(17)18(15)20-13-7-6-8-14(21)11-13/h4-5,9-10,13-14,21H,3,6-8,11H2,1-2H3,(H,19,20). The largest absolute Gasteiger partial charge is 0.393 e. The number of aryl methyl sites for hydroxylation is 1. The van der Waals surface area contributed by atoms with Gasteiger partial charge in [0.05, 0.1) is 11.6 Å². The Hall–Kier alpha value is -1.61. The van der Waals surface area contributed by atoms with Gasteiger partial charge in [-0.25, -0.2) is 0 Å². The molecule has 3 nitrogen and oxygen atoms in total. The number of nitrogens with zero attached hydrogens (tertiary/aromatic N) is 1. The summed E-state index contributed by atoms with van der Waals surface area (Å²) >= 11 is 0. The molecule has 0 spiro atoms. The Balaban J connectivity index is 2.02. The van der Waals surface area contributed by atoms with E-state index < -0.39 is 0 Å². The van der Waals surface area contributed by atoms with Crippen LogP contribution in [0.1, 0.15) is 43.9 Å². The smallest absolute Gasteiger partial charge is 0.0726 e. The number of aromatic nitrogens is 1. The summed E-state index contributed by atoms with van der Waals surface area (Å²) in [6.45, 7) is 4.27. The molecule has 0 saturated heterocycles. The maximum Gasteiger partial charge on any atom is 0.0726 e. The van der Waals surface area contributed by atoms with Gasteiger partial charge in [0.1, 0.15) is 0 Å². The molecule has 112 valence electrons. The lowest BCUT2D eigenvalue weighted by molar-refractivity contribution is 0.124. The van der Waals surface area contributed by atoms with Gasteiger partial charge in [0.25, 0.3) is 0 Å². The fraction of sp³-hybridized carbons (Fsp3) is 0.500. The number of aliphatic hydroxyl groups is 1. The summed E-state index contributed by atoms with van der Waals surface area (Å²) in [5.41, 5.74) is 4.68. The van der Waals surface area contributed by atoms with Gasteiger partial charge in [-0.3, -0.25) is 4.98 Å². The lowest BCUT2D eigenvalue weighted by Crippen LogP contribution is -2.30. The van der Waals surface area contributed by atoms with E-state index in [4.69, 9.17) is 4.98 Å². The van der Waals surface area contributed by atoms with Gasteiger partial charge in [-0.1, -0.05) is 25.1 Å². The summed E-state index contributed by atoms with van der Waals surface area (Å²) in [4.78, 5) is 4.73. The number of rotatable bonds is 3. The van der Waals surface area contributed by atoms with E-state index >= 15 is 0 Å². The average molecular weight is 284 g/mol. The van der Waals surface area contributed by atoms with Crippen molar-refractivity contribution in [2.45, 2.75) is 58.1 Å². The Kier molecular flexibility index (Phi) is 4.11. The van der Waals surface area contributed by atoms with Crippen molar-refractivity contribution in [1.29, 1.82) is 0 Å². The molecule has 2 atom stereocenters. The third kappa shape index (κ3) is 2.88. The number of aliphatic hydroxyl groups excluding tert-OH is 1. The zero-order valence-electron chi connectivity index (χ0n) is 12.9. The fourth-order valence-electron chi connectivity index (χ4n) is 3.47. The highest BCUT2D eigenvalue weighted by molar-refractivity contribution is 5.93. The molecule has 2 aromatic rings. The molecule has 21 heavy (non-hydrogen) atoms. The molecule has 1 aliphatic rings. The molecule has 0 aliphatic heterocycles. The molecule has 3 rings (SSSR count). The second-order valence-corrected chi connectivity index (χ2v) is 6.08. The molecule has 1 fully saturated rings. The molecule has 1 aliphatic carbocycles. The van der Waals surface area contributed by atoms with Crippen molar-refractivity contribution in [3.63, 3.8) is 0 Å². The summed E-state index contributed by atoms with van der Waals surface area (Å²) in [7, 11) is 0. The summed E-state index contributed by atoms with van der Waals surface area (Å²) in [6, 6.07) is 8.68. The summed E-state index contributed by atoms with van der Waals surface area (Å²) in [5, 5.41) is 14.8. The van der Waals surface area contributed by atoms with E-state index in [9.17, 15) is 5.11 Å². The minimum atomic E-state index is -0.157. The SMILES string of the molecule is CCc1c(C)nc2ccccc2c1NC1CCCC(O)C1. The molecule has 1 aromatic carbocycles. The lowest BCUT2D eigenvalue weighted by atomic mass is 9.92. The second-order valence-electron chi connectivity index (χ2n) is 6.08. The van der Waals surface area contributed by atoms with Crippen LogP contribution in [0.25, 0.3) is 10.9 Å². The van der Waals surface area contributed by atoms with Crippen LogP contribution in [0.15, 0.2) is 24.3 Å². The molecule has 2 N–H and O–H groups in total. The number of pyridine rings is 1. The normalized spacial score (nSPS) is 22.4. The van der Waals surface area contributed by atoms with Crippen molar-refractivity contribution in [2.75, 3.05) is 5.32 Å². The molecule has 2 unspecified atom stereocenters. The number of hydrogen-bond donors (Lipinski definition) is 2. The van der Waals surface area contributed by atoms with Gasteiger partial charge in [0, 0.05) is 22.8 Å². The van der Waals surface area contributed by atoms with E-state index in [1.165, 1.54) is 16.6 Å². The lowest BCUT2D eigenvalue weighted by Gasteiger charge is -2.29. The Labute approximate surface area is 126 Å². The van der Waals surface area contributed by atoms with Gasteiger partial charge < -0.3 is 10.4 Å². The van der Waals surface area contributed by atoms with Crippen molar-refractivity contribution in [2.24, 2.45) is 0 Å². The Morgan fingerprint density at radius 2 is 2.10 bits per heavy atom. The first-order valence-electron chi connectivity index (χ1n) is 8.02. The first-order chi connectivity index (χ1) is 10.2. The zero-order valence-corrected chi connectivity index (χ0v) is 12.9. The van der Waals surface area contributed by atoms with Crippen molar-refractivity contribution in [1.82, 2.24) is 4.98 Å². The first kappa shape index (κ1) is 14.3. The van der Waals surface area contributed by atoms with Crippen LogP contribution in [0.5, 0.6) is 0 Å². The maximum absolute atomic E-state index is 9.90. The highest BCUT2D eigenvalue weighted by Crippen LogP contribution is 2.31. The van der Waals surface area contributed by atoms with Crippen molar-refractivity contribution in [3.05, 3.63) is 35.5 Å². The maximum atomic E-state index is 9.90.